The lowest BCUT2D eigenvalue weighted by Crippen LogP contribution is -2.39. The maximum absolute atomic E-state index is 14.4. The van der Waals surface area contributed by atoms with Crippen molar-refractivity contribution in [1.29, 1.82) is 0 Å². The highest BCUT2D eigenvalue weighted by atomic mass is 19.1. The van der Waals surface area contributed by atoms with Gasteiger partial charge in [-0.3, -0.25) is 0 Å². The highest BCUT2D eigenvalue weighted by Crippen LogP contribution is 2.28. The Kier molecular flexibility index (Phi) is 7.39. The van der Waals surface area contributed by atoms with Gasteiger partial charge >= 0.3 is 0 Å². The number of hydrogen-bond donors (Lipinski definition) is 1. The van der Waals surface area contributed by atoms with Gasteiger partial charge in [0.2, 0.25) is 11.8 Å². The fourth-order valence-electron chi connectivity index (χ4n) is 3.49. The molecule has 1 aliphatic rings. The Morgan fingerprint density at radius 1 is 1.15 bits per heavy atom. The molecular weight excluding hydrogens is 446 g/mol. The lowest BCUT2D eigenvalue weighted by Gasteiger charge is -2.30. The molecule has 3 aromatic rings. The highest BCUT2D eigenvalue weighted by Gasteiger charge is 2.25. The summed E-state index contributed by atoms with van der Waals surface area (Å²) in [6, 6.07) is 3.62. The molecule has 1 fully saturated rings. The maximum Gasteiger partial charge on any atom is 0.266 e. The SMILES string of the molecule is CCCOc1cc(F)c(Nc2cc(OC3CCN(c4noc(C(C)C)n4)CC3)ncn2)cc1F. The maximum atomic E-state index is 14.4. The van der Waals surface area contributed by atoms with Crippen molar-refractivity contribution in [2.45, 2.75) is 52.1 Å². The fourth-order valence-corrected chi connectivity index (χ4v) is 3.49. The van der Waals surface area contributed by atoms with E-state index in [0.29, 0.717) is 30.7 Å². The summed E-state index contributed by atoms with van der Waals surface area (Å²) >= 11 is 0. The summed E-state index contributed by atoms with van der Waals surface area (Å²) in [5.74, 6) is 0.603. The second kappa shape index (κ2) is 10.6. The number of anilines is 3. The molecule has 1 aliphatic heterocycles. The van der Waals surface area contributed by atoms with Crippen LogP contribution in [-0.2, 0) is 0 Å². The Morgan fingerprint density at radius 3 is 2.65 bits per heavy atom. The van der Waals surface area contributed by atoms with Crippen molar-refractivity contribution < 1.29 is 22.8 Å². The van der Waals surface area contributed by atoms with E-state index in [1.54, 1.807) is 6.07 Å². The molecule has 2 aromatic heterocycles. The molecule has 0 unspecified atom stereocenters. The van der Waals surface area contributed by atoms with Crippen LogP contribution >= 0.6 is 0 Å². The van der Waals surface area contributed by atoms with Crippen molar-refractivity contribution in [1.82, 2.24) is 20.1 Å². The number of hydrogen-bond acceptors (Lipinski definition) is 9. The van der Waals surface area contributed by atoms with Crippen LogP contribution in [-0.4, -0.2) is 45.9 Å². The minimum atomic E-state index is -0.656. The summed E-state index contributed by atoms with van der Waals surface area (Å²) in [5.41, 5.74) is -0.0554. The first-order valence-corrected chi connectivity index (χ1v) is 11.4. The van der Waals surface area contributed by atoms with Gasteiger partial charge < -0.3 is 24.2 Å². The van der Waals surface area contributed by atoms with Crippen molar-refractivity contribution in [3.63, 3.8) is 0 Å². The van der Waals surface area contributed by atoms with Crippen molar-refractivity contribution in [2.24, 2.45) is 0 Å². The Balaban J connectivity index is 1.35. The van der Waals surface area contributed by atoms with E-state index >= 15 is 0 Å². The van der Waals surface area contributed by atoms with Crippen molar-refractivity contribution in [2.75, 3.05) is 29.9 Å². The van der Waals surface area contributed by atoms with Crippen LogP contribution in [0.4, 0.5) is 26.2 Å². The van der Waals surface area contributed by atoms with Crippen molar-refractivity contribution in [3.05, 3.63) is 42.1 Å². The van der Waals surface area contributed by atoms with Crippen LogP contribution in [0.2, 0.25) is 0 Å². The number of ether oxygens (including phenoxy) is 2. The zero-order valence-corrected chi connectivity index (χ0v) is 19.4. The predicted molar refractivity (Wildman–Crippen MR) is 122 cm³/mol. The van der Waals surface area contributed by atoms with Crippen LogP contribution < -0.4 is 19.7 Å². The Labute approximate surface area is 196 Å². The van der Waals surface area contributed by atoms with E-state index in [2.05, 4.69) is 30.3 Å². The van der Waals surface area contributed by atoms with E-state index in [-0.39, 0.29) is 29.3 Å². The monoisotopic (exact) mass is 474 g/mol. The van der Waals surface area contributed by atoms with E-state index in [9.17, 15) is 8.78 Å². The molecule has 1 saturated heterocycles. The smallest absolute Gasteiger partial charge is 0.266 e. The molecule has 34 heavy (non-hydrogen) atoms. The van der Waals surface area contributed by atoms with Crippen molar-refractivity contribution in [3.8, 4) is 11.6 Å². The zero-order valence-electron chi connectivity index (χ0n) is 19.4. The summed E-state index contributed by atoms with van der Waals surface area (Å²) in [6.07, 6.45) is 3.45. The van der Waals surface area contributed by atoms with Crippen LogP contribution in [0, 0.1) is 11.6 Å². The third-order valence-corrected chi connectivity index (χ3v) is 5.33. The van der Waals surface area contributed by atoms with Gasteiger partial charge in [-0.2, -0.15) is 4.98 Å². The first kappa shape index (κ1) is 23.7. The van der Waals surface area contributed by atoms with Gasteiger partial charge in [0.1, 0.15) is 18.2 Å². The largest absolute Gasteiger partial charge is 0.490 e. The highest BCUT2D eigenvalue weighted by molar-refractivity contribution is 5.59. The van der Waals surface area contributed by atoms with Crippen LogP contribution in [0.3, 0.4) is 0 Å². The number of benzene rings is 1. The van der Waals surface area contributed by atoms with Gasteiger partial charge in [0.25, 0.3) is 5.95 Å². The van der Waals surface area contributed by atoms with Gasteiger partial charge in [-0.25, -0.2) is 18.7 Å². The van der Waals surface area contributed by atoms with Gasteiger partial charge in [0, 0.05) is 50.0 Å². The molecule has 0 bridgehead atoms. The Morgan fingerprint density at radius 2 is 1.94 bits per heavy atom. The summed E-state index contributed by atoms with van der Waals surface area (Å²) in [6.45, 7) is 7.64. The van der Waals surface area contributed by atoms with Crippen LogP contribution in [0.1, 0.15) is 51.8 Å². The van der Waals surface area contributed by atoms with Gasteiger partial charge in [-0.05, 0) is 11.6 Å². The van der Waals surface area contributed by atoms with Crippen LogP contribution in [0.25, 0.3) is 0 Å². The first-order valence-electron chi connectivity index (χ1n) is 11.4. The summed E-state index contributed by atoms with van der Waals surface area (Å²) in [5, 5.41) is 6.84. The van der Waals surface area contributed by atoms with Crippen LogP contribution in [0.15, 0.2) is 29.0 Å². The van der Waals surface area contributed by atoms with Gasteiger partial charge in [0.05, 0.1) is 12.3 Å². The molecule has 0 atom stereocenters. The molecule has 11 heteroatoms. The average molecular weight is 475 g/mol. The quantitative estimate of drug-likeness (QED) is 0.467. The normalized spacial score (nSPS) is 14.5. The minimum absolute atomic E-state index is 0.0554. The average Bonchev–Trinajstić information content (AvgIpc) is 3.32. The molecule has 0 aliphatic carbocycles. The molecule has 0 spiro atoms. The fraction of sp³-hybridized carbons (Fsp3) is 0.478. The number of halogens is 2. The van der Waals surface area contributed by atoms with Crippen molar-refractivity contribution >= 4 is 17.5 Å². The van der Waals surface area contributed by atoms with Gasteiger partial charge in [0.15, 0.2) is 17.4 Å². The molecule has 3 heterocycles. The second-order valence-corrected chi connectivity index (χ2v) is 8.37. The van der Waals surface area contributed by atoms with E-state index in [1.807, 2.05) is 20.8 Å². The molecule has 9 nitrogen and oxygen atoms in total. The summed E-state index contributed by atoms with van der Waals surface area (Å²) in [4.78, 5) is 14.7. The molecule has 0 amide bonds. The van der Waals surface area contributed by atoms with E-state index in [1.165, 1.54) is 6.33 Å². The summed E-state index contributed by atoms with van der Waals surface area (Å²) in [7, 11) is 0. The number of piperidine rings is 1. The lowest BCUT2D eigenvalue weighted by atomic mass is 10.1. The lowest BCUT2D eigenvalue weighted by molar-refractivity contribution is 0.163. The van der Waals surface area contributed by atoms with Crippen LogP contribution in [0.5, 0.6) is 11.6 Å². The molecule has 1 N–H and O–H groups in total. The van der Waals surface area contributed by atoms with Gasteiger partial charge in [-0.1, -0.05) is 20.8 Å². The number of aromatic nitrogens is 4. The Bertz CT molecular complexity index is 1100. The first-order chi connectivity index (χ1) is 16.4. The molecule has 0 saturated carbocycles. The third kappa shape index (κ3) is 5.70. The number of nitrogens with one attached hydrogen (secondary N) is 1. The molecule has 0 radical (unpaired) electrons. The molecule has 4 rings (SSSR count). The molecular formula is C23H28F2N6O3. The van der Waals surface area contributed by atoms with Gasteiger partial charge in [-0.15, -0.1) is 0 Å². The Hall–Kier alpha value is -3.50. The molecule has 1 aromatic carbocycles. The topological polar surface area (TPSA) is 98.4 Å². The van der Waals surface area contributed by atoms with E-state index in [0.717, 1.165) is 38.1 Å². The third-order valence-electron chi connectivity index (χ3n) is 5.33. The number of nitrogens with zero attached hydrogens (tertiary/aromatic N) is 5. The molecule has 182 valence electrons. The predicted octanol–water partition coefficient (Wildman–Crippen LogP) is 4.84. The van der Waals surface area contributed by atoms with E-state index < -0.39 is 11.6 Å². The van der Waals surface area contributed by atoms with E-state index in [4.69, 9.17) is 14.0 Å². The zero-order chi connectivity index (χ0) is 24.1. The standard InChI is InChI=1S/C23H28F2N6O3/c1-4-9-32-19-11-16(24)18(10-17(19)25)28-20-12-21(27-13-26-20)33-15-5-7-31(8-6-15)23-29-22(14(2)3)34-30-23/h10-15H,4-9H2,1-3H3,(H,26,27,28). The minimum Gasteiger partial charge on any atom is -0.490 e. The second-order valence-electron chi connectivity index (χ2n) is 8.37. The summed E-state index contributed by atoms with van der Waals surface area (Å²) < 4.78 is 45.2. The number of rotatable bonds is 9.